The summed E-state index contributed by atoms with van der Waals surface area (Å²) >= 11 is 2.07. The van der Waals surface area contributed by atoms with E-state index in [4.69, 9.17) is 11.5 Å². The molecule has 0 spiro atoms. The summed E-state index contributed by atoms with van der Waals surface area (Å²) in [6.07, 6.45) is 2.69. The summed E-state index contributed by atoms with van der Waals surface area (Å²) in [4.78, 5) is 58.9. The monoisotopic (exact) mass is 550 g/mol. The number of aromatic nitrogens is 2. The molecule has 1 unspecified atom stereocenters. The summed E-state index contributed by atoms with van der Waals surface area (Å²) in [6.45, 7) is 1.90. The maximum absolute atomic E-state index is 13.0. The molecular weight excluding hydrogens is 524 g/mol. The van der Waals surface area contributed by atoms with Gasteiger partial charge in [-0.05, 0) is 0 Å². The molecule has 5 N–H and O–H groups in total. The number of quaternary nitrogens is 1. The number of hydrogen-bond donors (Lipinski definition) is 3. The van der Waals surface area contributed by atoms with E-state index in [9.17, 15) is 24.3 Å². The van der Waals surface area contributed by atoms with E-state index in [1.54, 1.807) is 0 Å². The van der Waals surface area contributed by atoms with Crippen LogP contribution in [0.2, 0.25) is 0 Å². The molecule has 6 rings (SSSR count). The molecule has 0 saturated carbocycles. The maximum atomic E-state index is 13.0. The van der Waals surface area contributed by atoms with Gasteiger partial charge in [0.1, 0.15) is 19.9 Å². The van der Waals surface area contributed by atoms with Gasteiger partial charge in [-0.1, -0.05) is 16.9 Å². The van der Waals surface area contributed by atoms with Gasteiger partial charge in [-0.25, -0.2) is 0 Å². The van der Waals surface area contributed by atoms with Crippen LogP contribution in [0.1, 0.15) is 31.5 Å². The highest BCUT2D eigenvalue weighted by atomic mass is 32.2. The number of aliphatic carboxylic acids is 1. The van der Waals surface area contributed by atoms with Gasteiger partial charge in [0.15, 0.2) is 15.8 Å². The van der Waals surface area contributed by atoms with Crippen molar-refractivity contribution in [3.63, 3.8) is 0 Å². The van der Waals surface area contributed by atoms with Crippen LogP contribution in [0.4, 0.5) is 5.13 Å². The molecular formula is C21H26N8O6S2. The largest absolute Gasteiger partial charge is 0.543 e. The topological polar surface area (TPSA) is 206 Å². The van der Waals surface area contributed by atoms with Gasteiger partial charge in [-0.3, -0.25) is 19.3 Å². The molecule has 198 valence electrons. The number of anilines is 1. The second-order valence-corrected chi connectivity index (χ2v) is 11.9. The van der Waals surface area contributed by atoms with Crippen molar-refractivity contribution in [1.29, 1.82) is 0 Å². The van der Waals surface area contributed by atoms with Crippen LogP contribution in [0.5, 0.6) is 0 Å². The molecule has 0 aliphatic carbocycles. The van der Waals surface area contributed by atoms with Gasteiger partial charge in [0.25, 0.3) is 5.91 Å². The molecule has 0 radical (unpaired) electrons. The number of nitrogens with two attached hydrogens (primary N) is 2. The number of primary amides is 1. The first-order valence-corrected chi connectivity index (χ1v) is 13.3. The Balaban J connectivity index is 1.65. The van der Waals surface area contributed by atoms with Crippen LogP contribution in [0.3, 0.4) is 0 Å². The Bertz CT molecular complexity index is 1220. The number of hydrogen-bond acceptors (Lipinski definition) is 12. The number of carbonyl (C=O) groups excluding carboxylic acids is 4. The zero-order chi connectivity index (χ0) is 26.6. The number of nitrogens with zero attached hydrogens (tertiary/aromatic N) is 5. The highest BCUT2D eigenvalue weighted by Crippen LogP contribution is 2.55. The van der Waals surface area contributed by atoms with Crippen molar-refractivity contribution >= 4 is 58.3 Å². The zero-order valence-electron chi connectivity index (χ0n) is 20.0. The first kappa shape index (κ1) is 25.4. The van der Waals surface area contributed by atoms with Crippen molar-refractivity contribution in [2.75, 3.05) is 39.0 Å². The van der Waals surface area contributed by atoms with E-state index in [1.807, 2.05) is 0 Å². The Hall–Kier alpha value is -3.24. The van der Waals surface area contributed by atoms with Crippen LogP contribution < -0.4 is 21.9 Å². The summed E-state index contributed by atoms with van der Waals surface area (Å²) in [5.41, 5.74) is 11.0. The van der Waals surface area contributed by atoms with Crippen LogP contribution in [-0.4, -0.2) is 87.3 Å². The van der Waals surface area contributed by atoms with Gasteiger partial charge in [0.2, 0.25) is 11.8 Å². The van der Waals surface area contributed by atoms with Gasteiger partial charge in [-0.2, -0.15) is 9.36 Å². The minimum Gasteiger partial charge on any atom is -0.543 e. The lowest BCUT2D eigenvalue weighted by Crippen LogP contribution is -2.68. The Labute approximate surface area is 219 Å². The van der Waals surface area contributed by atoms with Crippen LogP contribution in [0.15, 0.2) is 16.4 Å². The van der Waals surface area contributed by atoms with Gasteiger partial charge in [0.05, 0.1) is 54.1 Å². The molecule has 3 amide bonds. The molecule has 16 heteroatoms. The van der Waals surface area contributed by atoms with Crippen LogP contribution >= 0.6 is 23.3 Å². The number of piperidine rings is 3. The molecule has 2 bridgehead atoms. The molecule has 4 saturated heterocycles. The van der Waals surface area contributed by atoms with Gasteiger partial charge >= 0.3 is 0 Å². The number of carboxylic acids is 1. The van der Waals surface area contributed by atoms with Crippen LogP contribution in [0, 0.1) is 5.41 Å². The van der Waals surface area contributed by atoms with Crippen molar-refractivity contribution in [3.05, 3.63) is 17.1 Å². The highest BCUT2D eigenvalue weighted by molar-refractivity contribution is 8.01. The second kappa shape index (κ2) is 8.95. The van der Waals surface area contributed by atoms with Crippen molar-refractivity contribution < 1.29 is 33.6 Å². The van der Waals surface area contributed by atoms with E-state index >= 15 is 0 Å². The average molecular weight is 551 g/mol. The fourth-order valence-electron chi connectivity index (χ4n) is 5.78. The smallest absolute Gasteiger partial charge is 0.267 e. The van der Waals surface area contributed by atoms with E-state index in [0.29, 0.717) is 43.4 Å². The Kier molecular flexibility index (Phi) is 6.15. The molecule has 37 heavy (non-hydrogen) atoms. The number of rotatable bonds is 8. The molecule has 5 aliphatic rings. The van der Waals surface area contributed by atoms with Crippen LogP contribution in [-0.2, 0) is 28.9 Å². The average Bonchev–Trinajstić information content (AvgIpc) is 3.31. The lowest BCUT2D eigenvalue weighted by atomic mass is 9.70. The first-order chi connectivity index (χ1) is 17.5. The lowest BCUT2D eigenvalue weighted by Gasteiger charge is -2.57. The van der Waals surface area contributed by atoms with Gasteiger partial charge < -0.3 is 36.0 Å². The minimum atomic E-state index is -1.56. The maximum Gasteiger partial charge on any atom is 0.267 e. The molecule has 2 atom stereocenters. The number of amides is 3. The standard InChI is InChI=1S/C21H26N8O6S2/c1-35-24-9-12(30)26-21(18-25-19(23)37-27-18)11(15(16(32)33)28-13(31)8-14(28)36-21)10-29-5-2-20(3-6-29,4-7-29)17(22)34/h9,14H,2-8,10H2,1H3,(H5-,22,23,25,26,27,30,32,33,34)/t14-,20?,21?,29?/m0/s1. The third-order valence-electron chi connectivity index (χ3n) is 7.91. The van der Waals surface area contributed by atoms with Crippen molar-refractivity contribution in [1.82, 2.24) is 19.6 Å². The number of nitrogens with one attached hydrogen (secondary N) is 1. The van der Waals surface area contributed by atoms with Crippen molar-refractivity contribution in [2.24, 2.45) is 16.3 Å². The Morgan fingerprint density at radius 1 is 1.32 bits per heavy atom. The second-order valence-electron chi connectivity index (χ2n) is 9.76. The summed E-state index contributed by atoms with van der Waals surface area (Å²) < 4.78 is 4.81. The van der Waals surface area contributed by atoms with Gasteiger partial charge in [0, 0.05) is 30.8 Å². The third-order valence-corrected chi connectivity index (χ3v) is 9.98. The number of fused-ring (bicyclic) bond motifs is 4. The fourth-order valence-corrected chi connectivity index (χ4v) is 7.95. The van der Waals surface area contributed by atoms with Gasteiger partial charge in [-0.15, -0.1) is 0 Å². The number of carboxylic acid groups (broad SMARTS) is 1. The summed E-state index contributed by atoms with van der Waals surface area (Å²) in [5.74, 6) is -2.79. The van der Waals surface area contributed by atoms with E-state index in [0.717, 1.165) is 17.7 Å². The fraction of sp³-hybridized carbons (Fsp3) is 0.571. The summed E-state index contributed by atoms with van der Waals surface area (Å²) in [7, 11) is 1.28. The highest BCUT2D eigenvalue weighted by Gasteiger charge is 2.60. The lowest BCUT2D eigenvalue weighted by molar-refractivity contribution is -0.940. The molecule has 5 aliphatic heterocycles. The summed E-state index contributed by atoms with van der Waals surface area (Å²) in [5, 5.41) is 18.5. The summed E-state index contributed by atoms with van der Waals surface area (Å²) in [6, 6.07) is 0. The molecule has 1 aromatic heterocycles. The molecule has 14 nitrogen and oxygen atoms in total. The predicted octanol–water partition coefficient (Wildman–Crippen LogP) is -2.18. The SMILES string of the molecule is CON=CC(=O)NC1(c2nsc(N)n2)S[C@H]2CC(=O)N2C(C(=O)[O-])=C1C[N+]12CCC(C(N)=O)(CC1)CC2. The van der Waals surface area contributed by atoms with E-state index in [-0.39, 0.29) is 47.0 Å². The van der Waals surface area contributed by atoms with Crippen LogP contribution in [0.25, 0.3) is 0 Å². The van der Waals surface area contributed by atoms with Crippen molar-refractivity contribution in [3.8, 4) is 0 Å². The first-order valence-electron chi connectivity index (χ1n) is 11.6. The molecule has 4 fully saturated rings. The Morgan fingerprint density at radius 2 is 2.00 bits per heavy atom. The molecule has 0 aromatic carbocycles. The normalized spacial score (nSPS) is 32.7. The number of thioether (sulfide) groups is 1. The van der Waals surface area contributed by atoms with E-state index in [1.165, 1.54) is 23.8 Å². The number of carbonyl (C=O) groups is 4. The quantitative estimate of drug-likeness (QED) is 0.138. The van der Waals surface area contributed by atoms with Crippen molar-refractivity contribution in [2.45, 2.75) is 35.9 Å². The third kappa shape index (κ3) is 4.02. The number of oxime groups is 1. The molecule has 6 heterocycles. The Morgan fingerprint density at radius 3 is 2.51 bits per heavy atom. The van der Waals surface area contributed by atoms with E-state index < -0.39 is 27.5 Å². The molecule has 1 aromatic rings. The number of β-lactam (4-membered cyclic amide) rings is 1. The van der Waals surface area contributed by atoms with E-state index in [2.05, 4.69) is 24.7 Å². The zero-order valence-corrected chi connectivity index (χ0v) is 21.6. The number of nitrogen functional groups attached to an aromatic ring is 1. The predicted molar refractivity (Wildman–Crippen MR) is 130 cm³/mol. The minimum absolute atomic E-state index is 0.0687.